The van der Waals surface area contributed by atoms with Crippen LogP contribution in [0.5, 0.6) is 5.75 Å². The number of aromatic amines is 1. The third kappa shape index (κ3) is 6.67. The predicted octanol–water partition coefficient (Wildman–Crippen LogP) is 6.60. The maximum absolute atomic E-state index is 13.8. The van der Waals surface area contributed by atoms with E-state index in [1.807, 2.05) is 6.92 Å². The van der Waals surface area contributed by atoms with Gasteiger partial charge >= 0.3 is 18.4 Å². The van der Waals surface area contributed by atoms with Crippen LogP contribution in [0.15, 0.2) is 48.8 Å². The van der Waals surface area contributed by atoms with E-state index in [0.717, 1.165) is 0 Å². The molecular formula is C29H28F6N8O3. The number of tetrazole rings is 1. The van der Waals surface area contributed by atoms with Crippen molar-refractivity contribution in [2.24, 2.45) is 0 Å². The summed E-state index contributed by atoms with van der Waals surface area (Å²) in [6.45, 7) is 3.18. The van der Waals surface area contributed by atoms with Crippen molar-refractivity contribution >= 4 is 17.7 Å². The fourth-order valence-electron chi connectivity index (χ4n) is 5.41. The Morgan fingerprint density at radius 2 is 1.70 bits per heavy atom. The Labute approximate surface area is 258 Å². The first-order valence-electron chi connectivity index (χ1n) is 14.1. The summed E-state index contributed by atoms with van der Waals surface area (Å²) in [5.74, 6) is 0.584. The van der Waals surface area contributed by atoms with Crippen LogP contribution in [-0.2, 0) is 23.6 Å². The molecular weight excluding hydrogens is 622 g/mol. The molecule has 2 aromatic carbocycles. The molecule has 5 rings (SSSR count). The summed E-state index contributed by atoms with van der Waals surface area (Å²) in [5, 5.41) is 13.6. The number of halogens is 6. The Hall–Kier alpha value is -4.96. The van der Waals surface area contributed by atoms with E-state index in [-0.39, 0.29) is 36.4 Å². The van der Waals surface area contributed by atoms with Crippen LogP contribution in [0.1, 0.15) is 55.0 Å². The second-order valence-corrected chi connectivity index (χ2v) is 10.4. The Morgan fingerprint density at radius 1 is 1.02 bits per heavy atom. The Kier molecular flexibility index (Phi) is 9.03. The fraction of sp³-hybridized carbons (Fsp3) is 0.379. The van der Waals surface area contributed by atoms with E-state index in [1.165, 1.54) is 29.3 Å². The number of anilines is 2. The standard InChI is InChI=1S/C29H28F6N8O3/c1-4-20-11-24(22-12-21(45-3)6-7-23(22)43(20)27(44)46-5-2)42(26-36-13-17(14-37-26)25-38-40-41-39-25)15-16-8-18(28(30,31)32)10-19(9-16)29(33,34)35/h6-10,12-14,20,24H,4-5,11,15H2,1-3H3,(H,38,39,40,41)/t20?,24-/m0/s1. The molecule has 0 spiro atoms. The predicted molar refractivity (Wildman–Crippen MR) is 152 cm³/mol. The van der Waals surface area contributed by atoms with Crippen molar-refractivity contribution in [2.45, 2.75) is 57.7 Å². The minimum Gasteiger partial charge on any atom is -0.497 e. The number of fused-ring (bicyclic) bond motifs is 1. The third-order valence-electron chi connectivity index (χ3n) is 7.52. The minimum atomic E-state index is -5.04. The summed E-state index contributed by atoms with van der Waals surface area (Å²) in [6, 6.07) is 5.19. The summed E-state index contributed by atoms with van der Waals surface area (Å²) in [5.41, 5.74) is -1.87. The molecule has 0 saturated heterocycles. The van der Waals surface area contributed by atoms with Gasteiger partial charge < -0.3 is 14.4 Å². The van der Waals surface area contributed by atoms with E-state index in [0.29, 0.717) is 41.1 Å². The van der Waals surface area contributed by atoms with Gasteiger partial charge in [0.05, 0.1) is 42.1 Å². The first kappa shape index (κ1) is 32.4. The zero-order chi connectivity index (χ0) is 33.2. The van der Waals surface area contributed by atoms with Gasteiger partial charge in [0.1, 0.15) is 5.75 Å². The number of benzene rings is 2. The van der Waals surface area contributed by atoms with Crippen LogP contribution >= 0.6 is 0 Å². The van der Waals surface area contributed by atoms with Crippen LogP contribution in [0.2, 0.25) is 0 Å². The van der Waals surface area contributed by atoms with Crippen LogP contribution in [-0.4, -0.2) is 56.4 Å². The number of hydrogen-bond donors (Lipinski definition) is 1. The molecule has 1 unspecified atom stereocenters. The van der Waals surface area contributed by atoms with E-state index in [9.17, 15) is 31.1 Å². The van der Waals surface area contributed by atoms with Crippen molar-refractivity contribution < 1.29 is 40.6 Å². The number of amides is 1. The molecule has 0 radical (unpaired) electrons. The number of ether oxygens (including phenoxy) is 2. The highest BCUT2D eigenvalue weighted by molar-refractivity contribution is 5.90. The van der Waals surface area contributed by atoms with Crippen molar-refractivity contribution in [3.8, 4) is 17.1 Å². The number of carbonyl (C=O) groups is 1. The van der Waals surface area contributed by atoms with Gasteiger partial charge in [0.15, 0.2) is 0 Å². The van der Waals surface area contributed by atoms with E-state index in [4.69, 9.17) is 9.47 Å². The maximum atomic E-state index is 13.8. The molecule has 0 saturated carbocycles. The molecule has 4 aromatic rings. The van der Waals surface area contributed by atoms with E-state index in [1.54, 1.807) is 25.1 Å². The second kappa shape index (κ2) is 12.8. The van der Waals surface area contributed by atoms with Crippen molar-refractivity contribution in [1.29, 1.82) is 0 Å². The normalized spacial score (nSPS) is 16.6. The smallest absolute Gasteiger partial charge is 0.416 e. The van der Waals surface area contributed by atoms with Gasteiger partial charge in [0.25, 0.3) is 0 Å². The molecule has 1 aliphatic heterocycles. The first-order valence-corrected chi connectivity index (χ1v) is 14.1. The zero-order valence-electron chi connectivity index (χ0n) is 24.7. The van der Waals surface area contributed by atoms with Gasteiger partial charge in [-0.2, -0.15) is 31.6 Å². The average Bonchev–Trinajstić information content (AvgIpc) is 3.57. The molecule has 46 heavy (non-hydrogen) atoms. The number of aromatic nitrogens is 6. The monoisotopic (exact) mass is 650 g/mol. The number of nitrogens with zero attached hydrogens (tertiary/aromatic N) is 7. The molecule has 2 atom stereocenters. The Morgan fingerprint density at radius 3 is 2.24 bits per heavy atom. The summed E-state index contributed by atoms with van der Waals surface area (Å²) in [4.78, 5) is 25.0. The van der Waals surface area contributed by atoms with Crippen LogP contribution in [0.3, 0.4) is 0 Å². The number of nitrogens with one attached hydrogen (secondary N) is 1. The largest absolute Gasteiger partial charge is 0.497 e. The fourth-order valence-corrected chi connectivity index (χ4v) is 5.41. The molecule has 1 amide bonds. The average molecular weight is 651 g/mol. The molecule has 17 heteroatoms. The van der Waals surface area contributed by atoms with Crippen molar-refractivity contribution in [3.05, 3.63) is 71.0 Å². The molecule has 2 aromatic heterocycles. The van der Waals surface area contributed by atoms with Gasteiger partial charge in [-0.1, -0.05) is 6.92 Å². The summed E-state index contributed by atoms with van der Waals surface area (Å²) in [6.07, 6.45) is -7.29. The van der Waals surface area contributed by atoms with E-state index >= 15 is 0 Å². The topological polar surface area (TPSA) is 122 Å². The minimum absolute atomic E-state index is 0.00331. The first-order chi connectivity index (χ1) is 21.8. The van der Waals surface area contributed by atoms with Gasteiger partial charge in [-0.25, -0.2) is 14.8 Å². The molecule has 1 aliphatic rings. The van der Waals surface area contributed by atoms with Crippen molar-refractivity contribution in [3.63, 3.8) is 0 Å². The van der Waals surface area contributed by atoms with Crippen LogP contribution in [0.25, 0.3) is 11.4 Å². The molecule has 1 N–H and O–H groups in total. The van der Waals surface area contributed by atoms with E-state index < -0.39 is 48.2 Å². The lowest BCUT2D eigenvalue weighted by Gasteiger charge is -2.44. The molecule has 3 heterocycles. The van der Waals surface area contributed by atoms with Crippen LogP contribution in [0.4, 0.5) is 42.8 Å². The SMILES string of the molecule is CCOC(=O)N1c2ccc(OC)cc2[C@@H](N(Cc2cc(C(F)(F)F)cc(C(F)(F)F)c2)c2ncc(-c3nn[nH]n3)cn2)CC1CC. The molecule has 244 valence electrons. The lowest BCUT2D eigenvalue weighted by molar-refractivity contribution is -0.143. The lowest BCUT2D eigenvalue weighted by Crippen LogP contribution is -2.48. The van der Waals surface area contributed by atoms with Gasteiger partial charge in [0.2, 0.25) is 11.8 Å². The third-order valence-corrected chi connectivity index (χ3v) is 7.52. The van der Waals surface area contributed by atoms with Gasteiger partial charge in [-0.15, -0.1) is 10.2 Å². The molecule has 11 nitrogen and oxygen atoms in total. The number of alkyl halides is 6. The maximum Gasteiger partial charge on any atom is 0.416 e. The number of hydrogen-bond acceptors (Lipinski definition) is 9. The number of methoxy groups -OCH3 is 1. The Bertz CT molecular complexity index is 1630. The van der Waals surface area contributed by atoms with Gasteiger partial charge in [-0.05, 0) is 66.9 Å². The molecule has 0 aliphatic carbocycles. The highest BCUT2D eigenvalue weighted by Gasteiger charge is 2.41. The summed E-state index contributed by atoms with van der Waals surface area (Å²) < 4.78 is 93.6. The molecule has 0 fully saturated rings. The van der Waals surface area contributed by atoms with Crippen LogP contribution < -0.4 is 14.5 Å². The van der Waals surface area contributed by atoms with Crippen molar-refractivity contribution in [2.75, 3.05) is 23.5 Å². The highest BCUT2D eigenvalue weighted by Crippen LogP contribution is 2.45. The highest BCUT2D eigenvalue weighted by atomic mass is 19.4. The lowest BCUT2D eigenvalue weighted by atomic mass is 9.88. The van der Waals surface area contributed by atoms with Crippen LogP contribution in [0, 0.1) is 0 Å². The number of carbonyl (C=O) groups excluding carboxylic acids is 1. The quantitative estimate of drug-likeness (QED) is 0.210. The number of H-pyrrole nitrogens is 1. The van der Waals surface area contributed by atoms with Gasteiger partial charge in [-0.3, -0.25) is 4.90 Å². The second-order valence-electron chi connectivity index (χ2n) is 10.4. The summed E-state index contributed by atoms with van der Waals surface area (Å²) in [7, 11) is 1.44. The molecule has 0 bridgehead atoms. The van der Waals surface area contributed by atoms with Crippen molar-refractivity contribution in [1.82, 2.24) is 30.6 Å². The van der Waals surface area contributed by atoms with Gasteiger partial charge in [0, 0.05) is 30.5 Å². The number of rotatable bonds is 8. The zero-order valence-corrected chi connectivity index (χ0v) is 24.7. The van der Waals surface area contributed by atoms with E-state index in [2.05, 4.69) is 30.6 Å². The Balaban J connectivity index is 1.68. The summed E-state index contributed by atoms with van der Waals surface area (Å²) >= 11 is 0.